The van der Waals surface area contributed by atoms with Gasteiger partial charge in [-0.25, -0.2) is 0 Å². The van der Waals surface area contributed by atoms with E-state index in [4.69, 9.17) is 5.73 Å². The van der Waals surface area contributed by atoms with Gasteiger partial charge in [0.05, 0.1) is 17.0 Å². The summed E-state index contributed by atoms with van der Waals surface area (Å²) in [4.78, 5) is 25.6. The number of thiophene rings is 1. The highest BCUT2D eigenvalue weighted by Crippen LogP contribution is 2.38. The van der Waals surface area contributed by atoms with Crippen molar-refractivity contribution in [2.45, 2.75) is 37.8 Å². The van der Waals surface area contributed by atoms with Gasteiger partial charge in [-0.3, -0.25) is 9.59 Å². The molecule has 2 heterocycles. The van der Waals surface area contributed by atoms with Gasteiger partial charge >= 0.3 is 0 Å². The van der Waals surface area contributed by atoms with Crippen LogP contribution in [0.1, 0.15) is 39.2 Å². The van der Waals surface area contributed by atoms with Crippen molar-refractivity contribution in [1.29, 1.82) is 0 Å². The van der Waals surface area contributed by atoms with E-state index in [0.29, 0.717) is 15.7 Å². The van der Waals surface area contributed by atoms with Crippen molar-refractivity contribution in [3.05, 3.63) is 45.8 Å². The molecule has 2 amide bonds. The van der Waals surface area contributed by atoms with Gasteiger partial charge < -0.3 is 11.1 Å². The molecule has 150 valence electrons. The van der Waals surface area contributed by atoms with Crippen LogP contribution in [-0.4, -0.2) is 37.8 Å². The SMILES string of the molecule is Cc1cccc(-n2nnnc2SCC(=O)Nc2sc3c(c2C(N)=O)CCCC3)c1. The molecule has 0 bridgehead atoms. The summed E-state index contributed by atoms with van der Waals surface area (Å²) in [6.45, 7) is 1.99. The van der Waals surface area contributed by atoms with Crippen LogP contribution in [0.5, 0.6) is 0 Å². The minimum Gasteiger partial charge on any atom is -0.365 e. The third-order valence-electron chi connectivity index (χ3n) is 4.69. The molecule has 0 radical (unpaired) electrons. The Bertz CT molecular complexity index is 1070. The monoisotopic (exact) mass is 428 g/mol. The molecule has 10 heteroatoms. The number of benzene rings is 1. The van der Waals surface area contributed by atoms with Crippen LogP contribution in [0.25, 0.3) is 5.69 Å². The fourth-order valence-electron chi connectivity index (χ4n) is 3.40. The first-order chi connectivity index (χ1) is 14.0. The number of hydrogen-bond donors (Lipinski definition) is 2. The number of amides is 2. The zero-order valence-electron chi connectivity index (χ0n) is 15.8. The lowest BCUT2D eigenvalue weighted by Gasteiger charge is -2.11. The van der Waals surface area contributed by atoms with Gasteiger partial charge in [-0.1, -0.05) is 23.9 Å². The Labute approximate surface area is 175 Å². The highest BCUT2D eigenvalue weighted by molar-refractivity contribution is 7.99. The molecule has 0 spiro atoms. The van der Waals surface area contributed by atoms with Gasteiger partial charge in [0.1, 0.15) is 5.00 Å². The summed E-state index contributed by atoms with van der Waals surface area (Å²) in [5.74, 6) is -0.599. The van der Waals surface area contributed by atoms with Gasteiger partial charge in [0.2, 0.25) is 11.1 Å². The lowest BCUT2D eigenvalue weighted by atomic mass is 9.95. The molecule has 1 aliphatic rings. The number of tetrazole rings is 1. The van der Waals surface area contributed by atoms with Crippen molar-refractivity contribution >= 4 is 39.9 Å². The number of hydrogen-bond acceptors (Lipinski definition) is 7. The maximum atomic E-state index is 12.5. The second-order valence-corrected chi connectivity index (χ2v) is 8.88. The molecule has 2 aromatic heterocycles. The van der Waals surface area contributed by atoms with Crippen molar-refractivity contribution in [2.24, 2.45) is 5.73 Å². The summed E-state index contributed by atoms with van der Waals surface area (Å²) < 4.78 is 1.60. The van der Waals surface area contributed by atoms with Crippen molar-refractivity contribution in [1.82, 2.24) is 20.2 Å². The zero-order valence-corrected chi connectivity index (χ0v) is 17.5. The van der Waals surface area contributed by atoms with Crippen LogP contribution in [0.3, 0.4) is 0 Å². The number of nitrogens with two attached hydrogens (primary N) is 1. The maximum absolute atomic E-state index is 12.5. The molecule has 8 nitrogen and oxygen atoms in total. The molecule has 3 aromatic rings. The van der Waals surface area contributed by atoms with Crippen LogP contribution < -0.4 is 11.1 Å². The second-order valence-electron chi connectivity index (χ2n) is 6.83. The van der Waals surface area contributed by atoms with Gasteiger partial charge in [0.15, 0.2) is 0 Å². The summed E-state index contributed by atoms with van der Waals surface area (Å²) in [7, 11) is 0. The zero-order chi connectivity index (χ0) is 20.4. The van der Waals surface area contributed by atoms with E-state index in [-0.39, 0.29) is 11.7 Å². The number of primary amides is 1. The van der Waals surface area contributed by atoms with Gasteiger partial charge in [-0.05, 0) is 66.3 Å². The number of aryl methyl sites for hydroxylation is 2. The predicted octanol–water partition coefficient (Wildman–Crippen LogP) is 2.74. The van der Waals surface area contributed by atoms with Crippen LogP contribution in [0.15, 0.2) is 29.4 Å². The highest BCUT2D eigenvalue weighted by atomic mass is 32.2. The van der Waals surface area contributed by atoms with Gasteiger partial charge in [-0.15, -0.1) is 16.4 Å². The predicted molar refractivity (Wildman–Crippen MR) is 113 cm³/mol. The first-order valence-electron chi connectivity index (χ1n) is 9.25. The molecule has 0 saturated heterocycles. The Balaban J connectivity index is 1.47. The van der Waals surface area contributed by atoms with Crippen molar-refractivity contribution < 1.29 is 9.59 Å². The number of carbonyl (C=O) groups excluding carboxylic acids is 2. The van der Waals surface area contributed by atoms with E-state index in [1.54, 1.807) is 4.68 Å². The minimum absolute atomic E-state index is 0.118. The number of thioether (sulfide) groups is 1. The molecule has 3 N–H and O–H groups in total. The lowest BCUT2D eigenvalue weighted by Crippen LogP contribution is -2.19. The summed E-state index contributed by atoms with van der Waals surface area (Å²) >= 11 is 2.69. The third-order valence-corrected chi connectivity index (χ3v) is 6.82. The summed E-state index contributed by atoms with van der Waals surface area (Å²) in [5, 5.41) is 15.7. The van der Waals surface area contributed by atoms with E-state index in [9.17, 15) is 9.59 Å². The average molecular weight is 429 g/mol. The van der Waals surface area contributed by atoms with E-state index >= 15 is 0 Å². The molecular weight excluding hydrogens is 408 g/mol. The van der Waals surface area contributed by atoms with Crippen molar-refractivity contribution in [3.63, 3.8) is 0 Å². The number of fused-ring (bicyclic) bond motifs is 1. The topological polar surface area (TPSA) is 116 Å². The number of nitrogens with one attached hydrogen (secondary N) is 1. The molecule has 0 unspecified atom stereocenters. The maximum Gasteiger partial charge on any atom is 0.251 e. The fourth-order valence-corrected chi connectivity index (χ4v) is 5.40. The highest BCUT2D eigenvalue weighted by Gasteiger charge is 2.25. The number of rotatable bonds is 6. The van der Waals surface area contributed by atoms with E-state index in [1.165, 1.54) is 23.1 Å². The Kier molecular flexibility index (Phi) is 5.63. The quantitative estimate of drug-likeness (QED) is 0.583. The molecule has 1 aromatic carbocycles. The van der Waals surface area contributed by atoms with E-state index in [1.807, 2.05) is 31.2 Å². The molecule has 0 aliphatic heterocycles. The van der Waals surface area contributed by atoms with Gasteiger partial charge in [0, 0.05) is 4.88 Å². The average Bonchev–Trinajstić information content (AvgIpc) is 3.30. The van der Waals surface area contributed by atoms with Gasteiger partial charge in [-0.2, -0.15) is 4.68 Å². The van der Waals surface area contributed by atoms with Crippen LogP contribution in [-0.2, 0) is 17.6 Å². The summed E-state index contributed by atoms with van der Waals surface area (Å²) in [5.41, 5.74) is 8.98. The van der Waals surface area contributed by atoms with Crippen LogP contribution in [0.4, 0.5) is 5.00 Å². The lowest BCUT2D eigenvalue weighted by molar-refractivity contribution is -0.113. The molecule has 4 rings (SSSR count). The molecule has 0 fully saturated rings. The van der Waals surface area contributed by atoms with Crippen LogP contribution >= 0.6 is 23.1 Å². The van der Waals surface area contributed by atoms with E-state index < -0.39 is 5.91 Å². The molecule has 29 heavy (non-hydrogen) atoms. The van der Waals surface area contributed by atoms with Crippen molar-refractivity contribution in [2.75, 3.05) is 11.1 Å². The number of nitrogens with zero attached hydrogens (tertiary/aromatic N) is 4. The smallest absolute Gasteiger partial charge is 0.251 e. The minimum atomic E-state index is -0.490. The Morgan fingerprint density at radius 1 is 1.31 bits per heavy atom. The second kappa shape index (κ2) is 8.34. The first-order valence-corrected chi connectivity index (χ1v) is 11.1. The van der Waals surface area contributed by atoms with E-state index in [0.717, 1.165) is 47.4 Å². The third kappa shape index (κ3) is 4.18. The summed E-state index contributed by atoms with van der Waals surface area (Å²) in [6.07, 6.45) is 3.89. The number of aromatic nitrogens is 4. The largest absolute Gasteiger partial charge is 0.365 e. The first kappa shape index (κ1) is 19.6. The van der Waals surface area contributed by atoms with Crippen LogP contribution in [0, 0.1) is 6.92 Å². The van der Waals surface area contributed by atoms with Gasteiger partial charge in [0.25, 0.3) is 5.91 Å². The molecular formula is C19H20N6O2S2. The number of carbonyl (C=O) groups is 2. The molecule has 0 saturated carbocycles. The Morgan fingerprint density at radius 2 is 2.14 bits per heavy atom. The van der Waals surface area contributed by atoms with Crippen molar-refractivity contribution in [3.8, 4) is 5.69 Å². The summed E-state index contributed by atoms with van der Waals surface area (Å²) in [6, 6.07) is 7.79. The fraction of sp³-hybridized carbons (Fsp3) is 0.316. The Morgan fingerprint density at radius 3 is 2.93 bits per heavy atom. The molecule has 1 aliphatic carbocycles. The van der Waals surface area contributed by atoms with E-state index in [2.05, 4.69) is 20.8 Å². The Hall–Kier alpha value is -2.72. The number of anilines is 1. The normalized spacial score (nSPS) is 13.1. The standard InChI is InChI=1S/C19H20N6O2S2/c1-11-5-4-6-12(9-11)25-19(22-23-24-25)28-10-15(26)21-18-16(17(20)27)13-7-2-3-8-14(13)29-18/h4-6,9H,2-3,7-8,10H2,1H3,(H2,20,27)(H,21,26). The molecule has 0 atom stereocenters. The van der Waals surface area contributed by atoms with Crippen LogP contribution in [0.2, 0.25) is 0 Å².